The average molecular weight is 216 g/mol. The van der Waals surface area contributed by atoms with Crippen LogP contribution in [0.3, 0.4) is 0 Å². The van der Waals surface area contributed by atoms with E-state index in [4.69, 9.17) is 4.74 Å². The summed E-state index contributed by atoms with van der Waals surface area (Å²) in [6.07, 6.45) is 3.52. The molecule has 0 N–H and O–H groups in total. The number of aromatic nitrogens is 2. The maximum Gasteiger partial charge on any atom is 0.163 e. The van der Waals surface area contributed by atoms with Crippen LogP contribution in [0.4, 0.5) is 0 Å². The van der Waals surface area contributed by atoms with Crippen molar-refractivity contribution in [3.05, 3.63) is 42.2 Å². The summed E-state index contributed by atoms with van der Waals surface area (Å²) in [5.74, 6) is 0.564. The zero-order chi connectivity index (χ0) is 11.5. The molecule has 0 radical (unpaired) electrons. The van der Waals surface area contributed by atoms with Gasteiger partial charge < -0.3 is 4.74 Å². The second-order valence-electron chi connectivity index (χ2n) is 3.39. The lowest BCUT2D eigenvalue weighted by Gasteiger charge is -2.08. The number of benzene rings is 1. The predicted molar refractivity (Wildman–Crippen MR) is 60.1 cm³/mol. The largest absolute Gasteiger partial charge is 0.496 e. The van der Waals surface area contributed by atoms with E-state index in [-0.39, 0.29) is 5.78 Å². The fraction of sp³-hybridized carbons (Fsp3) is 0.167. The van der Waals surface area contributed by atoms with E-state index in [9.17, 15) is 4.79 Å². The normalized spacial score (nSPS) is 10.1. The number of rotatable bonds is 3. The molecule has 0 aliphatic rings. The zero-order valence-electron chi connectivity index (χ0n) is 9.18. The Hall–Kier alpha value is -2.10. The van der Waals surface area contributed by atoms with Gasteiger partial charge in [-0.1, -0.05) is 0 Å². The Labute approximate surface area is 93.5 Å². The minimum atomic E-state index is -0.0224. The molecule has 0 unspecified atom stereocenters. The maximum atomic E-state index is 11.4. The van der Waals surface area contributed by atoms with E-state index < -0.39 is 0 Å². The second-order valence-corrected chi connectivity index (χ2v) is 3.39. The Morgan fingerprint density at radius 1 is 1.44 bits per heavy atom. The molecule has 0 atom stereocenters. The molecule has 0 saturated carbocycles. The van der Waals surface area contributed by atoms with Crippen LogP contribution >= 0.6 is 0 Å². The molecule has 2 aromatic rings. The average Bonchev–Trinajstić information content (AvgIpc) is 2.81. The van der Waals surface area contributed by atoms with E-state index in [1.54, 1.807) is 30.1 Å². The lowest BCUT2D eigenvalue weighted by Crippen LogP contribution is -2.01. The number of ketones is 1. The molecule has 2 rings (SSSR count). The Balaban J connectivity index is 2.51. The van der Waals surface area contributed by atoms with Gasteiger partial charge in [0, 0.05) is 12.4 Å². The first kappa shape index (κ1) is 10.4. The number of nitrogens with zero attached hydrogens (tertiary/aromatic N) is 2. The number of Topliss-reactive ketones (excluding diaryl/α,β-unsaturated/α-hetero) is 1. The molecule has 0 bridgehead atoms. The first-order valence-electron chi connectivity index (χ1n) is 4.91. The molecule has 0 spiro atoms. The van der Waals surface area contributed by atoms with Crippen molar-refractivity contribution < 1.29 is 9.53 Å². The van der Waals surface area contributed by atoms with Crippen LogP contribution in [-0.4, -0.2) is 22.7 Å². The van der Waals surface area contributed by atoms with Gasteiger partial charge in [0.2, 0.25) is 0 Å². The van der Waals surface area contributed by atoms with Gasteiger partial charge in [0.15, 0.2) is 5.78 Å². The van der Waals surface area contributed by atoms with Crippen LogP contribution in [0.5, 0.6) is 5.75 Å². The zero-order valence-corrected chi connectivity index (χ0v) is 9.18. The van der Waals surface area contributed by atoms with E-state index in [0.717, 1.165) is 5.69 Å². The van der Waals surface area contributed by atoms with Gasteiger partial charge in [-0.05, 0) is 31.2 Å². The highest BCUT2D eigenvalue weighted by Crippen LogP contribution is 2.21. The monoisotopic (exact) mass is 216 g/mol. The summed E-state index contributed by atoms with van der Waals surface area (Å²) in [5.41, 5.74) is 1.41. The van der Waals surface area contributed by atoms with E-state index >= 15 is 0 Å². The molecule has 0 aliphatic carbocycles. The minimum absolute atomic E-state index is 0.0224. The van der Waals surface area contributed by atoms with Crippen molar-refractivity contribution in [2.75, 3.05) is 7.11 Å². The molecule has 4 heteroatoms. The number of methoxy groups -OCH3 is 1. The standard InChI is InChI=1S/C12H12N2O2/c1-9(15)11-8-10(4-5-12(11)16-2)14-7-3-6-13-14/h3-8H,1-2H3. The van der Waals surface area contributed by atoms with E-state index in [1.165, 1.54) is 6.92 Å². The fourth-order valence-electron chi connectivity index (χ4n) is 1.54. The Kier molecular flexibility index (Phi) is 2.72. The summed E-state index contributed by atoms with van der Waals surface area (Å²) < 4.78 is 6.83. The van der Waals surface area contributed by atoms with Crippen molar-refractivity contribution in [3.63, 3.8) is 0 Å². The van der Waals surface area contributed by atoms with Gasteiger partial charge in [-0.15, -0.1) is 0 Å². The molecule has 1 aromatic heterocycles. The molecule has 1 heterocycles. The van der Waals surface area contributed by atoms with Crippen LogP contribution in [-0.2, 0) is 0 Å². The summed E-state index contributed by atoms with van der Waals surface area (Å²) in [6.45, 7) is 1.52. The third-order valence-electron chi connectivity index (χ3n) is 2.33. The van der Waals surface area contributed by atoms with Crippen molar-refractivity contribution in [2.24, 2.45) is 0 Å². The first-order chi connectivity index (χ1) is 7.72. The first-order valence-corrected chi connectivity index (χ1v) is 4.91. The number of ether oxygens (including phenoxy) is 1. The molecule has 1 aromatic carbocycles. The smallest absolute Gasteiger partial charge is 0.163 e. The highest BCUT2D eigenvalue weighted by Gasteiger charge is 2.09. The van der Waals surface area contributed by atoms with Crippen molar-refractivity contribution in [1.82, 2.24) is 9.78 Å². The minimum Gasteiger partial charge on any atom is -0.496 e. The lowest BCUT2D eigenvalue weighted by atomic mass is 10.1. The Bertz CT molecular complexity index is 504. The molecule has 0 fully saturated rings. The lowest BCUT2D eigenvalue weighted by molar-refractivity contribution is 0.101. The van der Waals surface area contributed by atoms with Crippen molar-refractivity contribution in [2.45, 2.75) is 6.92 Å². The highest BCUT2D eigenvalue weighted by molar-refractivity contribution is 5.97. The quantitative estimate of drug-likeness (QED) is 0.738. The number of hydrogen-bond acceptors (Lipinski definition) is 3. The van der Waals surface area contributed by atoms with Crippen LogP contribution in [0.15, 0.2) is 36.7 Å². The Morgan fingerprint density at radius 2 is 2.25 bits per heavy atom. The molecule has 0 aliphatic heterocycles. The van der Waals surface area contributed by atoms with Gasteiger partial charge in [-0.2, -0.15) is 5.10 Å². The SMILES string of the molecule is COc1ccc(-n2cccn2)cc1C(C)=O. The fourth-order valence-corrected chi connectivity index (χ4v) is 1.54. The molecular weight excluding hydrogens is 204 g/mol. The van der Waals surface area contributed by atoms with Gasteiger partial charge in [-0.3, -0.25) is 4.79 Å². The molecule has 0 amide bonds. The summed E-state index contributed by atoms with van der Waals surface area (Å²) in [7, 11) is 1.55. The number of carbonyl (C=O) groups excluding carboxylic acids is 1. The molecular formula is C12H12N2O2. The van der Waals surface area contributed by atoms with Crippen LogP contribution in [0.2, 0.25) is 0 Å². The van der Waals surface area contributed by atoms with Gasteiger partial charge >= 0.3 is 0 Å². The molecule has 82 valence electrons. The van der Waals surface area contributed by atoms with Crippen LogP contribution < -0.4 is 4.74 Å². The van der Waals surface area contributed by atoms with Crippen molar-refractivity contribution in [3.8, 4) is 11.4 Å². The topological polar surface area (TPSA) is 44.1 Å². The summed E-state index contributed by atoms with van der Waals surface area (Å²) in [6, 6.07) is 7.23. The van der Waals surface area contributed by atoms with E-state index in [1.807, 2.05) is 18.3 Å². The van der Waals surface area contributed by atoms with Gasteiger partial charge in [0.25, 0.3) is 0 Å². The number of hydrogen-bond donors (Lipinski definition) is 0. The summed E-state index contributed by atoms with van der Waals surface area (Å²) >= 11 is 0. The molecule has 0 saturated heterocycles. The molecule has 4 nitrogen and oxygen atoms in total. The third-order valence-corrected chi connectivity index (χ3v) is 2.33. The van der Waals surface area contributed by atoms with E-state index in [0.29, 0.717) is 11.3 Å². The highest BCUT2D eigenvalue weighted by atomic mass is 16.5. The maximum absolute atomic E-state index is 11.4. The van der Waals surface area contributed by atoms with Crippen LogP contribution in [0, 0.1) is 0 Å². The van der Waals surface area contributed by atoms with Crippen molar-refractivity contribution >= 4 is 5.78 Å². The van der Waals surface area contributed by atoms with Crippen LogP contribution in [0.25, 0.3) is 5.69 Å². The second kappa shape index (κ2) is 4.18. The number of carbonyl (C=O) groups is 1. The third kappa shape index (κ3) is 1.82. The Morgan fingerprint density at radius 3 is 2.81 bits per heavy atom. The van der Waals surface area contributed by atoms with E-state index in [2.05, 4.69) is 5.10 Å². The van der Waals surface area contributed by atoms with Gasteiger partial charge in [0.05, 0.1) is 18.4 Å². The summed E-state index contributed by atoms with van der Waals surface area (Å²) in [4.78, 5) is 11.4. The van der Waals surface area contributed by atoms with Crippen molar-refractivity contribution in [1.29, 1.82) is 0 Å². The predicted octanol–water partition coefficient (Wildman–Crippen LogP) is 2.08. The molecule has 16 heavy (non-hydrogen) atoms. The van der Waals surface area contributed by atoms with Crippen LogP contribution in [0.1, 0.15) is 17.3 Å². The van der Waals surface area contributed by atoms with Gasteiger partial charge in [0.1, 0.15) is 5.75 Å². The van der Waals surface area contributed by atoms with Gasteiger partial charge in [-0.25, -0.2) is 4.68 Å². The summed E-state index contributed by atoms with van der Waals surface area (Å²) in [5, 5.41) is 4.11.